The van der Waals surface area contributed by atoms with Crippen molar-refractivity contribution in [2.45, 2.75) is 20.4 Å². The van der Waals surface area contributed by atoms with Gasteiger partial charge in [-0.2, -0.15) is 0 Å². The predicted molar refractivity (Wildman–Crippen MR) is 52.6 cm³/mol. The van der Waals surface area contributed by atoms with E-state index in [4.69, 9.17) is 5.73 Å². The molecule has 0 atom stereocenters. The van der Waals surface area contributed by atoms with E-state index in [1.54, 1.807) is 6.20 Å². The highest BCUT2D eigenvalue weighted by molar-refractivity contribution is 5.53. The molecule has 0 saturated heterocycles. The highest BCUT2D eigenvalue weighted by atomic mass is 15.0. The number of nitrogens with two attached hydrogens (primary N) is 1. The van der Waals surface area contributed by atoms with E-state index in [1.807, 2.05) is 6.20 Å². The number of imidazole rings is 1. The van der Waals surface area contributed by atoms with Crippen LogP contribution in [0.5, 0.6) is 0 Å². The first kappa shape index (κ1) is 8.26. The molecule has 0 aliphatic rings. The van der Waals surface area contributed by atoms with Crippen LogP contribution in [0.4, 0.5) is 0 Å². The van der Waals surface area contributed by atoms with Gasteiger partial charge in [-0.25, -0.2) is 4.98 Å². The standard InChI is InChI=1S/C10H13N3/c1-7-5-8(2)13-4-3-12-10(13)9(7)6-11/h3-5H,6,11H2,1-2H3. The van der Waals surface area contributed by atoms with Gasteiger partial charge in [-0.15, -0.1) is 0 Å². The maximum absolute atomic E-state index is 5.67. The zero-order valence-corrected chi connectivity index (χ0v) is 7.91. The van der Waals surface area contributed by atoms with E-state index in [2.05, 4.69) is 29.3 Å². The molecule has 2 aromatic rings. The van der Waals surface area contributed by atoms with Crippen molar-refractivity contribution in [3.63, 3.8) is 0 Å². The Morgan fingerprint density at radius 2 is 2.23 bits per heavy atom. The lowest BCUT2D eigenvalue weighted by atomic mass is 10.1. The first-order valence-corrected chi connectivity index (χ1v) is 4.36. The van der Waals surface area contributed by atoms with Crippen LogP contribution >= 0.6 is 0 Å². The van der Waals surface area contributed by atoms with Gasteiger partial charge < -0.3 is 10.1 Å². The van der Waals surface area contributed by atoms with E-state index < -0.39 is 0 Å². The lowest BCUT2D eigenvalue weighted by molar-refractivity contribution is 0.995. The fraction of sp³-hybridized carbons (Fsp3) is 0.300. The molecule has 13 heavy (non-hydrogen) atoms. The number of rotatable bonds is 1. The highest BCUT2D eigenvalue weighted by Crippen LogP contribution is 2.16. The average molecular weight is 175 g/mol. The summed E-state index contributed by atoms with van der Waals surface area (Å²) < 4.78 is 2.06. The summed E-state index contributed by atoms with van der Waals surface area (Å²) >= 11 is 0. The molecule has 0 saturated carbocycles. The lowest BCUT2D eigenvalue weighted by Crippen LogP contribution is -2.04. The van der Waals surface area contributed by atoms with Gasteiger partial charge in [0.05, 0.1) is 0 Å². The minimum absolute atomic E-state index is 0.548. The second kappa shape index (κ2) is 2.85. The van der Waals surface area contributed by atoms with Crippen LogP contribution < -0.4 is 5.73 Å². The number of nitrogens with zero attached hydrogens (tertiary/aromatic N) is 2. The Hall–Kier alpha value is -1.35. The van der Waals surface area contributed by atoms with Crippen LogP contribution in [0.15, 0.2) is 18.5 Å². The Kier molecular flexibility index (Phi) is 1.81. The fourth-order valence-corrected chi connectivity index (χ4v) is 1.71. The molecule has 68 valence electrons. The summed E-state index contributed by atoms with van der Waals surface area (Å²) in [6.45, 7) is 4.69. The Morgan fingerprint density at radius 1 is 1.46 bits per heavy atom. The molecular formula is C10H13N3. The van der Waals surface area contributed by atoms with E-state index in [1.165, 1.54) is 11.3 Å². The molecule has 0 aromatic carbocycles. The normalized spacial score (nSPS) is 11.0. The second-order valence-electron chi connectivity index (χ2n) is 3.27. The maximum Gasteiger partial charge on any atom is 0.141 e. The van der Waals surface area contributed by atoms with Gasteiger partial charge in [0.2, 0.25) is 0 Å². The summed E-state index contributed by atoms with van der Waals surface area (Å²) in [6.07, 6.45) is 3.77. The maximum atomic E-state index is 5.67. The third kappa shape index (κ3) is 1.12. The van der Waals surface area contributed by atoms with Crippen LogP contribution in [0.2, 0.25) is 0 Å². The van der Waals surface area contributed by atoms with E-state index in [9.17, 15) is 0 Å². The molecule has 3 heteroatoms. The molecule has 0 bridgehead atoms. The van der Waals surface area contributed by atoms with Crippen molar-refractivity contribution in [2.24, 2.45) is 5.73 Å². The molecule has 2 rings (SSSR count). The van der Waals surface area contributed by atoms with Gasteiger partial charge >= 0.3 is 0 Å². The number of fused-ring (bicyclic) bond motifs is 1. The fourth-order valence-electron chi connectivity index (χ4n) is 1.71. The Morgan fingerprint density at radius 3 is 2.92 bits per heavy atom. The number of hydrogen-bond donors (Lipinski definition) is 1. The van der Waals surface area contributed by atoms with Crippen LogP contribution in [0.25, 0.3) is 5.65 Å². The monoisotopic (exact) mass is 175 g/mol. The van der Waals surface area contributed by atoms with Crippen molar-refractivity contribution in [3.8, 4) is 0 Å². The molecule has 0 unspecified atom stereocenters. The van der Waals surface area contributed by atoms with Crippen LogP contribution in [0, 0.1) is 13.8 Å². The first-order chi connectivity index (χ1) is 6.24. The van der Waals surface area contributed by atoms with E-state index in [0.29, 0.717) is 6.54 Å². The molecule has 0 spiro atoms. The second-order valence-corrected chi connectivity index (χ2v) is 3.27. The van der Waals surface area contributed by atoms with Gasteiger partial charge in [-0.1, -0.05) is 0 Å². The van der Waals surface area contributed by atoms with Crippen molar-refractivity contribution in [3.05, 3.63) is 35.3 Å². The molecule has 2 heterocycles. The molecule has 0 radical (unpaired) electrons. The van der Waals surface area contributed by atoms with Gasteiger partial charge in [0, 0.05) is 30.2 Å². The summed E-state index contributed by atoms with van der Waals surface area (Å²) in [5.41, 5.74) is 10.2. The van der Waals surface area contributed by atoms with Crippen molar-refractivity contribution >= 4 is 5.65 Å². The van der Waals surface area contributed by atoms with Gasteiger partial charge in [0.15, 0.2) is 0 Å². The topological polar surface area (TPSA) is 43.3 Å². The predicted octanol–water partition coefficient (Wildman–Crippen LogP) is 1.41. The molecule has 0 fully saturated rings. The lowest BCUT2D eigenvalue weighted by Gasteiger charge is -2.07. The van der Waals surface area contributed by atoms with E-state index >= 15 is 0 Å². The number of aromatic nitrogens is 2. The molecule has 0 amide bonds. The summed E-state index contributed by atoms with van der Waals surface area (Å²) in [6, 6.07) is 2.14. The molecule has 2 N–H and O–H groups in total. The molecule has 2 aromatic heterocycles. The zero-order chi connectivity index (χ0) is 9.42. The van der Waals surface area contributed by atoms with Crippen LogP contribution in [-0.4, -0.2) is 9.38 Å². The Balaban J connectivity index is 2.88. The molecular weight excluding hydrogens is 162 g/mol. The minimum Gasteiger partial charge on any atom is -0.326 e. The minimum atomic E-state index is 0.548. The SMILES string of the molecule is Cc1cc(C)n2ccnc2c1CN. The number of aryl methyl sites for hydroxylation is 2. The van der Waals surface area contributed by atoms with Crippen LogP contribution in [0.1, 0.15) is 16.8 Å². The van der Waals surface area contributed by atoms with Crippen molar-refractivity contribution in [1.82, 2.24) is 9.38 Å². The molecule has 0 aliphatic heterocycles. The van der Waals surface area contributed by atoms with Crippen molar-refractivity contribution in [2.75, 3.05) is 0 Å². The Bertz CT molecular complexity index is 443. The summed E-state index contributed by atoms with van der Waals surface area (Å²) in [4.78, 5) is 4.29. The quantitative estimate of drug-likeness (QED) is 0.712. The van der Waals surface area contributed by atoms with Crippen molar-refractivity contribution < 1.29 is 0 Å². The van der Waals surface area contributed by atoms with Gasteiger partial charge in [-0.3, -0.25) is 0 Å². The molecule has 3 nitrogen and oxygen atoms in total. The van der Waals surface area contributed by atoms with Crippen LogP contribution in [0.3, 0.4) is 0 Å². The third-order valence-corrected chi connectivity index (χ3v) is 2.40. The van der Waals surface area contributed by atoms with Gasteiger partial charge in [0.1, 0.15) is 5.65 Å². The summed E-state index contributed by atoms with van der Waals surface area (Å²) in [5.74, 6) is 0. The first-order valence-electron chi connectivity index (χ1n) is 4.36. The smallest absolute Gasteiger partial charge is 0.141 e. The third-order valence-electron chi connectivity index (χ3n) is 2.40. The average Bonchev–Trinajstić information content (AvgIpc) is 2.53. The summed E-state index contributed by atoms with van der Waals surface area (Å²) in [7, 11) is 0. The number of hydrogen-bond acceptors (Lipinski definition) is 2. The summed E-state index contributed by atoms with van der Waals surface area (Å²) in [5, 5.41) is 0. The van der Waals surface area contributed by atoms with Crippen molar-refractivity contribution in [1.29, 1.82) is 0 Å². The van der Waals surface area contributed by atoms with Gasteiger partial charge in [0.25, 0.3) is 0 Å². The largest absolute Gasteiger partial charge is 0.326 e. The highest BCUT2D eigenvalue weighted by Gasteiger charge is 2.06. The van der Waals surface area contributed by atoms with E-state index in [-0.39, 0.29) is 0 Å². The molecule has 0 aliphatic carbocycles. The Labute approximate surface area is 77.2 Å². The van der Waals surface area contributed by atoms with Crippen LogP contribution in [-0.2, 0) is 6.54 Å². The van der Waals surface area contributed by atoms with Gasteiger partial charge in [-0.05, 0) is 25.5 Å². The zero-order valence-electron chi connectivity index (χ0n) is 7.91. The van der Waals surface area contributed by atoms with E-state index in [0.717, 1.165) is 11.2 Å². The number of pyridine rings is 1.